The SMILES string of the molecule is Cc1nc(Cl)c2[nH]c(Cl)[nH+]c2n1. The highest BCUT2D eigenvalue weighted by Crippen LogP contribution is 2.16. The molecule has 0 radical (unpaired) electrons. The van der Waals surface area contributed by atoms with E-state index in [2.05, 4.69) is 19.9 Å². The van der Waals surface area contributed by atoms with Gasteiger partial charge in [-0.25, -0.2) is 9.97 Å². The third kappa shape index (κ3) is 1.13. The van der Waals surface area contributed by atoms with E-state index < -0.39 is 0 Å². The van der Waals surface area contributed by atoms with Crippen molar-refractivity contribution in [3.8, 4) is 0 Å². The van der Waals surface area contributed by atoms with Crippen LogP contribution in [0.25, 0.3) is 11.2 Å². The van der Waals surface area contributed by atoms with Crippen molar-refractivity contribution in [3.05, 3.63) is 16.3 Å². The van der Waals surface area contributed by atoms with Crippen LogP contribution in [0.3, 0.4) is 0 Å². The lowest BCUT2D eigenvalue weighted by molar-refractivity contribution is -0.344. The second-order valence-corrected chi connectivity index (χ2v) is 3.09. The molecule has 0 bridgehead atoms. The van der Waals surface area contributed by atoms with Crippen molar-refractivity contribution in [2.45, 2.75) is 6.92 Å². The molecule has 2 N–H and O–H groups in total. The number of halogens is 2. The van der Waals surface area contributed by atoms with Crippen molar-refractivity contribution >= 4 is 34.4 Å². The Hall–Kier alpha value is -0.870. The summed E-state index contributed by atoms with van der Waals surface area (Å²) in [5.41, 5.74) is 1.25. The first kappa shape index (κ1) is 7.76. The van der Waals surface area contributed by atoms with Crippen LogP contribution in [-0.4, -0.2) is 15.0 Å². The van der Waals surface area contributed by atoms with Crippen LogP contribution < -0.4 is 4.98 Å². The van der Waals surface area contributed by atoms with Gasteiger partial charge in [0.15, 0.2) is 5.15 Å². The lowest BCUT2D eigenvalue weighted by atomic mass is 10.5. The molecule has 6 heteroatoms. The maximum absolute atomic E-state index is 5.81. The minimum Gasteiger partial charge on any atom is -0.255 e. The summed E-state index contributed by atoms with van der Waals surface area (Å²) < 4.78 is 0. The summed E-state index contributed by atoms with van der Waals surface area (Å²) in [5.74, 6) is 0.611. The van der Waals surface area contributed by atoms with Gasteiger partial charge >= 0.3 is 5.65 Å². The Morgan fingerprint density at radius 3 is 2.83 bits per heavy atom. The van der Waals surface area contributed by atoms with Gasteiger partial charge in [-0.3, -0.25) is 4.98 Å². The van der Waals surface area contributed by atoms with Crippen LogP contribution in [0, 0.1) is 6.92 Å². The Morgan fingerprint density at radius 1 is 1.33 bits per heavy atom. The van der Waals surface area contributed by atoms with Crippen LogP contribution in [-0.2, 0) is 0 Å². The predicted molar refractivity (Wildman–Crippen MR) is 45.2 cm³/mol. The summed E-state index contributed by atoms with van der Waals surface area (Å²) in [4.78, 5) is 13.7. The summed E-state index contributed by atoms with van der Waals surface area (Å²) in [6.07, 6.45) is 0. The molecule has 4 nitrogen and oxygen atoms in total. The van der Waals surface area contributed by atoms with Crippen LogP contribution in [0.15, 0.2) is 0 Å². The predicted octanol–water partition coefficient (Wildman–Crippen LogP) is 1.39. The van der Waals surface area contributed by atoms with Crippen molar-refractivity contribution in [1.29, 1.82) is 0 Å². The molecule has 2 aromatic rings. The highest BCUT2D eigenvalue weighted by molar-refractivity contribution is 6.34. The van der Waals surface area contributed by atoms with Crippen molar-refractivity contribution in [3.63, 3.8) is 0 Å². The first-order valence-corrected chi connectivity index (χ1v) is 4.03. The second-order valence-electron chi connectivity index (χ2n) is 2.35. The number of nitrogens with one attached hydrogen (secondary N) is 2. The maximum Gasteiger partial charge on any atom is 0.305 e. The van der Waals surface area contributed by atoms with E-state index >= 15 is 0 Å². The molecule has 2 heterocycles. The van der Waals surface area contributed by atoms with Gasteiger partial charge in [-0.2, -0.15) is 0 Å². The number of hydrogen-bond donors (Lipinski definition) is 1. The number of aryl methyl sites for hydroxylation is 1. The largest absolute Gasteiger partial charge is 0.305 e. The molecule has 0 aliphatic carbocycles. The van der Waals surface area contributed by atoms with Crippen LogP contribution in [0.4, 0.5) is 0 Å². The molecular weight excluding hydrogens is 199 g/mol. The highest BCUT2D eigenvalue weighted by atomic mass is 35.5. The summed E-state index contributed by atoms with van der Waals surface area (Å²) >= 11 is 11.5. The van der Waals surface area contributed by atoms with Crippen molar-refractivity contribution in [2.75, 3.05) is 0 Å². The molecule has 2 rings (SSSR count). The Bertz CT molecular complexity index is 436. The van der Waals surface area contributed by atoms with E-state index in [1.165, 1.54) is 0 Å². The van der Waals surface area contributed by atoms with Crippen molar-refractivity contribution in [1.82, 2.24) is 15.0 Å². The lowest BCUT2D eigenvalue weighted by Crippen LogP contribution is -2.01. The normalized spacial score (nSPS) is 10.9. The third-order valence-electron chi connectivity index (χ3n) is 1.44. The Labute approximate surface area is 78.0 Å². The zero-order valence-corrected chi connectivity index (χ0v) is 7.66. The lowest BCUT2D eigenvalue weighted by Gasteiger charge is -1.86. The quantitative estimate of drug-likeness (QED) is 0.520. The fourth-order valence-corrected chi connectivity index (χ4v) is 1.43. The van der Waals surface area contributed by atoms with Crippen molar-refractivity contribution < 1.29 is 4.98 Å². The van der Waals surface area contributed by atoms with Crippen molar-refractivity contribution in [2.24, 2.45) is 0 Å². The number of H-pyrrole nitrogens is 2. The molecule has 0 amide bonds. The van der Waals surface area contributed by atoms with E-state index in [4.69, 9.17) is 23.2 Å². The molecule has 12 heavy (non-hydrogen) atoms. The van der Waals surface area contributed by atoms with E-state index in [-0.39, 0.29) is 0 Å². The second kappa shape index (κ2) is 2.57. The first-order chi connectivity index (χ1) is 5.66. The molecule has 62 valence electrons. The van der Waals surface area contributed by atoms with E-state index in [0.29, 0.717) is 27.4 Å². The Kier molecular flexibility index (Phi) is 1.66. The molecule has 0 unspecified atom stereocenters. The fourth-order valence-electron chi connectivity index (χ4n) is 0.985. The molecular formula is C6H5Cl2N4+. The van der Waals surface area contributed by atoms with Crippen LogP contribution in [0.2, 0.25) is 10.4 Å². The molecule has 0 aliphatic heterocycles. The zero-order chi connectivity index (χ0) is 8.72. The summed E-state index contributed by atoms with van der Waals surface area (Å²) in [5, 5.41) is 0.771. The number of fused-ring (bicyclic) bond motifs is 1. The van der Waals surface area contributed by atoms with Gasteiger partial charge in [-0.1, -0.05) is 16.6 Å². The number of rotatable bonds is 0. The van der Waals surface area contributed by atoms with E-state index in [1.54, 1.807) is 6.92 Å². The smallest absolute Gasteiger partial charge is 0.255 e. The minimum absolute atomic E-state index is 0.376. The molecule has 0 aromatic carbocycles. The minimum atomic E-state index is 0.376. The molecule has 2 aromatic heterocycles. The monoisotopic (exact) mass is 203 g/mol. The summed E-state index contributed by atoms with van der Waals surface area (Å²) in [6, 6.07) is 0. The van der Waals surface area contributed by atoms with Gasteiger partial charge in [0, 0.05) is 6.92 Å². The molecule has 0 saturated heterocycles. The van der Waals surface area contributed by atoms with Gasteiger partial charge in [0.25, 0.3) is 5.28 Å². The van der Waals surface area contributed by atoms with Gasteiger partial charge in [0.05, 0.1) is 0 Å². The van der Waals surface area contributed by atoms with Crippen LogP contribution >= 0.6 is 23.2 Å². The number of nitrogens with zero attached hydrogens (tertiary/aromatic N) is 2. The molecule has 0 spiro atoms. The van der Waals surface area contributed by atoms with Gasteiger partial charge in [-0.15, -0.1) is 0 Å². The summed E-state index contributed by atoms with van der Waals surface area (Å²) in [6.45, 7) is 1.76. The third-order valence-corrected chi connectivity index (χ3v) is 1.90. The maximum atomic E-state index is 5.81. The topological polar surface area (TPSA) is 55.7 Å². The Morgan fingerprint density at radius 2 is 2.08 bits per heavy atom. The number of aromatic nitrogens is 4. The van der Waals surface area contributed by atoms with Crippen LogP contribution in [0.1, 0.15) is 5.82 Å². The summed E-state index contributed by atoms with van der Waals surface area (Å²) in [7, 11) is 0. The number of imidazole rings is 1. The van der Waals surface area contributed by atoms with Gasteiger partial charge in [0.2, 0.25) is 11.3 Å². The average Bonchev–Trinajstić information content (AvgIpc) is 2.29. The molecule has 0 aliphatic rings. The Balaban J connectivity index is 2.88. The number of hydrogen-bond acceptors (Lipinski definition) is 2. The standard InChI is InChI=1S/C6H4Cl2N4/c1-2-9-4(7)3-5(10-2)12-6(8)11-3/h1H3,(H,9,10,11,12)/p+1. The van der Waals surface area contributed by atoms with Gasteiger partial charge in [0.1, 0.15) is 0 Å². The van der Waals surface area contributed by atoms with Crippen LogP contribution in [0.5, 0.6) is 0 Å². The number of aromatic amines is 2. The molecule has 0 atom stereocenters. The molecule has 0 saturated carbocycles. The zero-order valence-electron chi connectivity index (χ0n) is 6.15. The first-order valence-electron chi connectivity index (χ1n) is 3.27. The average molecular weight is 204 g/mol. The highest BCUT2D eigenvalue weighted by Gasteiger charge is 2.14. The van der Waals surface area contributed by atoms with Gasteiger partial charge < -0.3 is 0 Å². The fraction of sp³-hybridized carbons (Fsp3) is 0.167. The van der Waals surface area contributed by atoms with E-state index in [0.717, 1.165) is 0 Å². The molecule has 0 fully saturated rings. The van der Waals surface area contributed by atoms with E-state index in [1.807, 2.05) is 0 Å². The van der Waals surface area contributed by atoms with E-state index in [9.17, 15) is 0 Å². The van der Waals surface area contributed by atoms with Gasteiger partial charge in [-0.05, 0) is 11.6 Å².